The highest BCUT2D eigenvalue weighted by Crippen LogP contribution is 2.28. The lowest BCUT2D eigenvalue weighted by Crippen LogP contribution is -2.16. The largest absolute Gasteiger partial charge is 0.496 e. The van der Waals surface area contributed by atoms with Crippen molar-refractivity contribution in [1.29, 1.82) is 0 Å². The summed E-state index contributed by atoms with van der Waals surface area (Å²) >= 11 is 0. The van der Waals surface area contributed by atoms with Crippen LogP contribution >= 0.6 is 0 Å². The summed E-state index contributed by atoms with van der Waals surface area (Å²) in [5.41, 5.74) is 3.18. The first kappa shape index (κ1) is 17.4. The smallest absolute Gasteiger partial charge is 0.134 e. The minimum atomic E-state index is -0.249. The maximum atomic E-state index is 13.0. The van der Waals surface area contributed by atoms with Crippen LogP contribution < -0.4 is 10.1 Å². The van der Waals surface area contributed by atoms with Crippen molar-refractivity contribution in [3.63, 3.8) is 0 Å². The predicted octanol–water partition coefficient (Wildman–Crippen LogP) is 4.91. The Balaban J connectivity index is 1.35. The number of aromatic nitrogens is 1. The van der Waals surface area contributed by atoms with Crippen molar-refractivity contribution in [3.8, 4) is 17.1 Å². The van der Waals surface area contributed by atoms with Gasteiger partial charge >= 0.3 is 0 Å². The second-order valence-corrected chi connectivity index (χ2v) is 6.40. The number of fused-ring (bicyclic) bond motifs is 1. The number of hydrogen-bond acceptors (Lipinski definition) is 3. The first-order valence-corrected chi connectivity index (χ1v) is 8.93. The molecule has 0 saturated heterocycles. The Kier molecular flexibility index (Phi) is 4.94. The number of hydrogen-bond donors (Lipinski definition) is 2. The average molecular weight is 364 g/mol. The second kappa shape index (κ2) is 7.68. The number of rotatable bonds is 7. The molecular formula is C22H21FN2O2. The summed E-state index contributed by atoms with van der Waals surface area (Å²) < 4.78 is 24.3. The van der Waals surface area contributed by atoms with E-state index in [1.54, 1.807) is 19.2 Å². The number of aromatic amines is 1. The molecule has 27 heavy (non-hydrogen) atoms. The second-order valence-electron chi connectivity index (χ2n) is 6.40. The third-order valence-corrected chi connectivity index (χ3v) is 4.63. The quantitative estimate of drug-likeness (QED) is 0.458. The molecule has 0 unspecified atom stereocenters. The van der Waals surface area contributed by atoms with E-state index >= 15 is 0 Å². The normalized spacial score (nSPS) is 11.2. The zero-order valence-electron chi connectivity index (χ0n) is 15.1. The molecule has 0 atom stereocenters. The number of H-pyrrole nitrogens is 1. The van der Waals surface area contributed by atoms with Gasteiger partial charge in [-0.05, 0) is 67.1 Å². The number of nitrogens with one attached hydrogen (secondary N) is 2. The van der Waals surface area contributed by atoms with Gasteiger partial charge in [0, 0.05) is 22.7 Å². The summed E-state index contributed by atoms with van der Waals surface area (Å²) in [6, 6.07) is 16.2. The molecule has 4 rings (SSSR count). The van der Waals surface area contributed by atoms with Gasteiger partial charge in [0.25, 0.3) is 0 Å². The molecule has 138 valence electrons. The highest BCUT2D eigenvalue weighted by molar-refractivity contribution is 5.89. The van der Waals surface area contributed by atoms with Crippen LogP contribution in [0, 0.1) is 5.82 Å². The zero-order chi connectivity index (χ0) is 18.6. The van der Waals surface area contributed by atoms with Crippen LogP contribution in [0.3, 0.4) is 0 Å². The van der Waals surface area contributed by atoms with Gasteiger partial charge in [-0.3, -0.25) is 0 Å². The zero-order valence-corrected chi connectivity index (χ0v) is 15.1. The van der Waals surface area contributed by atoms with E-state index < -0.39 is 0 Å². The molecule has 0 fully saturated rings. The van der Waals surface area contributed by atoms with E-state index in [4.69, 9.17) is 9.15 Å². The van der Waals surface area contributed by atoms with E-state index in [0.29, 0.717) is 6.54 Å². The molecule has 4 nitrogen and oxygen atoms in total. The lowest BCUT2D eigenvalue weighted by atomic mass is 10.1. The summed E-state index contributed by atoms with van der Waals surface area (Å²) in [5, 5.41) is 4.54. The van der Waals surface area contributed by atoms with Crippen molar-refractivity contribution >= 4 is 10.9 Å². The van der Waals surface area contributed by atoms with Crippen LogP contribution in [0.15, 0.2) is 65.2 Å². The molecule has 2 heterocycles. The Morgan fingerprint density at radius 2 is 1.93 bits per heavy atom. The first-order valence-electron chi connectivity index (χ1n) is 8.93. The summed E-state index contributed by atoms with van der Waals surface area (Å²) in [6.45, 7) is 1.46. The standard InChI is InChI=1S/C22H21FN2O2/c1-26-21-4-2-3-19-22(21)16(13-25-19)11-12-24-14-18-9-10-20(27-18)15-5-7-17(23)8-6-15/h2-10,13,24-25H,11-12,14H2,1H3. The Hall–Kier alpha value is -3.05. The summed E-state index contributed by atoms with van der Waals surface area (Å²) in [6.07, 6.45) is 2.92. The number of benzene rings is 2. The maximum Gasteiger partial charge on any atom is 0.134 e. The fraction of sp³-hybridized carbons (Fsp3) is 0.182. The molecule has 0 aliphatic rings. The average Bonchev–Trinajstić information content (AvgIpc) is 3.33. The van der Waals surface area contributed by atoms with Gasteiger partial charge in [0.05, 0.1) is 13.7 Å². The van der Waals surface area contributed by atoms with E-state index in [1.165, 1.54) is 17.7 Å². The number of halogens is 1. The van der Waals surface area contributed by atoms with Crippen LogP contribution in [0.4, 0.5) is 4.39 Å². The molecule has 0 saturated carbocycles. The van der Waals surface area contributed by atoms with E-state index in [1.807, 2.05) is 30.5 Å². The Bertz CT molecular complexity index is 1030. The van der Waals surface area contributed by atoms with Gasteiger partial charge in [0.2, 0.25) is 0 Å². The fourth-order valence-electron chi connectivity index (χ4n) is 3.26. The van der Waals surface area contributed by atoms with Gasteiger partial charge in [0.1, 0.15) is 23.1 Å². The number of ether oxygens (including phenoxy) is 1. The van der Waals surface area contributed by atoms with E-state index in [9.17, 15) is 4.39 Å². The van der Waals surface area contributed by atoms with Gasteiger partial charge in [-0.1, -0.05) is 6.07 Å². The lowest BCUT2D eigenvalue weighted by molar-refractivity contribution is 0.419. The summed E-state index contributed by atoms with van der Waals surface area (Å²) in [7, 11) is 1.69. The molecule has 0 radical (unpaired) electrons. The minimum Gasteiger partial charge on any atom is -0.496 e. The topological polar surface area (TPSA) is 50.2 Å². The third kappa shape index (κ3) is 3.73. The van der Waals surface area contributed by atoms with Crippen LogP contribution in [0.1, 0.15) is 11.3 Å². The van der Waals surface area contributed by atoms with Gasteiger partial charge in [-0.2, -0.15) is 0 Å². The highest BCUT2D eigenvalue weighted by Gasteiger charge is 2.09. The van der Waals surface area contributed by atoms with Crippen LogP contribution in [0.2, 0.25) is 0 Å². The molecule has 2 aromatic heterocycles. The lowest BCUT2D eigenvalue weighted by Gasteiger charge is -2.06. The fourth-order valence-corrected chi connectivity index (χ4v) is 3.26. The third-order valence-electron chi connectivity index (χ3n) is 4.63. The maximum absolute atomic E-state index is 13.0. The molecule has 0 aliphatic carbocycles. The SMILES string of the molecule is COc1cccc2[nH]cc(CCNCc3ccc(-c4ccc(F)cc4)o3)c12. The predicted molar refractivity (Wildman–Crippen MR) is 104 cm³/mol. The minimum absolute atomic E-state index is 0.249. The summed E-state index contributed by atoms with van der Waals surface area (Å²) in [4.78, 5) is 3.29. The molecule has 0 amide bonds. The van der Waals surface area contributed by atoms with Gasteiger partial charge in [-0.25, -0.2) is 4.39 Å². The molecule has 5 heteroatoms. The van der Waals surface area contributed by atoms with Crippen molar-refractivity contribution in [1.82, 2.24) is 10.3 Å². The van der Waals surface area contributed by atoms with Crippen molar-refractivity contribution in [2.24, 2.45) is 0 Å². The van der Waals surface area contributed by atoms with Gasteiger partial charge in [0.15, 0.2) is 0 Å². The Labute approximate surface area is 157 Å². The van der Waals surface area contributed by atoms with Crippen molar-refractivity contribution in [3.05, 3.63) is 77.9 Å². The van der Waals surface area contributed by atoms with Crippen LogP contribution in [-0.2, 0) is 13.0 Å². The molecule has 0 bridgehead atoms. The van der Waals surface area contributed by atoms with Gasteiger partial charge < -0.3 is 19.5 Å². The molecule has 2 aromatic carbocycles. The first-order chi connectivity index (χ1) is 13.2. The van der Waals surface area contributed by atoms with Crippen molar-refractivity contribution in [2.75, 3.05) is 13.7 Å². The van der Waals surface area contributed by atoms with Crippen LogP contribution in [0.5, 0.6) is 5.75 Å². The molecular weight excluding hydrogens is 343 g/mol. The molecule has 0 aliphatic heterocycles. The van der Waals surface area contributed by atoms with E-state index in [-0.39, 0.29) is 5.82 Å². The monoisotopic (exact) mass is 364 g/mol. The number of furan rings is 1. The van der Waals surface area contributed by atoms with Crippen molar-refractivity contribution < 1.29 is 13.5 Å². The van der Waals surface area contributed by atoms with Crippen molar-refractivity contribution in [2.45, 2.75) is 13.0 Å². The summed E-state index contributed by atoms with van der Waals surface area (Å²) in [5.74, 6) is 2.24. The van der Waals surface area contributed by atoms with Gasteiger partial charge in [-0.15, -0.1) is 0 Å². The molecule has 2 N–H and O–H groups in total. The van der Waals surface area contributed by atoms with E-state index in [0.717, 1.165) is 46.7 Å². The van der Waals surface area contributed by atoms with Crippen LogP contribution in [-0.4, -0.2) is 18.6 Å². The van der Waals surface area contributed by atoms with E-state index in [2.05, 4.69) is 16.4 Å². The Morgan fingerprint density at radius 3 is 2.74 bits per heavy atom. The van der Waals surface area contributed by atoms with Crippen LogP contribution in [0.25, 0.3) is 22.2 Å². The number of methoxy groups -OCH3 is 1. The molecule has 0 spiro atoms. The Morgan fingerprint density at radius 1 is 1.07 bits per heavy atom. The highest BCUT2D eigenvalue weighted by atomic mass is 19.1. The molecule has 4 aromatic rings.